The van der Waals surface area contributed by atoms with Crippen LogP contribution in [0.25, 0.3) is 10.8 Å². The molecule has 0 aromatic heterocycles. The second-order valence-electron chi connectivity index (χ2n) is 4.45. The smallest absolute Gasteiger partial charge is 0.259 e. The summed E-state index contributed by atoms with van der Waals surface area (Å²) in [5, 5.41) is 11.5. The van der Waals surface area contributed by atoms with Gasteiger partial charge >= 0.3 is 0 Å². The number of hydrogen-bond acceptors (Lipinski definition) is 2. The molecular formula is C14H13NO2. The molecule has 86 valence electrons. The van der Waals surface area contributed by atoms with E-state index in [0.29, 0.717) is 6.54 Å². The lowest BCUT2D eigenvalue weighted by atomic mass is 10.1. The van der Waals surface area contributed by atoms with Crippen LogP contribution in [-0.4, -0.2) is 23.7 Å². The topological polar surface area (TPSA) is 40.5 Å². The van der Waals surface area contributed by atoms with E-state index in [9.17, 15) is 9.90 Å². The summed E-state index contributed by atoms with van der Waals surface area (Å²) in [5.41, 5.74) is 1.64. The number of β-amino-alcohol motifs (C(OH)–C–C–N with tert-alkyl or cyclic N) is 1. The number of carbonyl (C=O) groups is 1. The highest BCUT2D eigenvalue weighted by atomic mass is 16.3. The average Bonchev–Trinajstić information content (AvgIpc) is 2.57. The van der Waals surface area contributed by atoms with Gasteiger partial charge in [-0.1, -0.05) is 24.3 Å². The lowest BCUT2D eigenvalue weighted by molar-refractivity contribution is 0.0974. The van der Waals surface area contributed by atoms with E-state index in [0.717, 1.165) is 22.0 Å². The molecule has 0 saturated carbocycles. The third-order valence-corrected chi connectivity index (χ3v) is 3.10. The number of anilines is 1. The van der Waals surface area contributed by atoms with Gasteiger partial charge in [-0.05, 0) is 24.4 Å². The van der Waals surface area contributed by atoms with E-state index in [1.165, 1.54) is 0 Å². The van der Waals surface area contributed by atoms with Crippen molar-refractivity contribution in [2.75, 3.05) is 11.4 Å². The maximum atomic E-state index is 12.2. The molecule has 3 heteroatoms. The summed E-state index contributed by atoms with van der Waals surface area (Å²) in [5.74, 6) is -0.0160. The van der Waals surface area contributed by atoms with Crippen LogP contribution in [0.5, 0.6) is 0 Å². The lowest BCUT2D eigenvalue weighted by Crippen LogP contribution is -2.33. The number of hydrogen-bond donors (Lipinski definition) is 1. The quantitative estimate of drug-likeness (QED) is 0.854. The highest BCUT2D eigenvalue weighted by Gasteiger charge is 2.29. The number of aliphatic hydroxyl groups is 1. The second-order valence-corrected chi connectivity index (χ2v) is 4.45. The lowest BCUT2D eigenvalue weighted by Gasteiger charge is -2.19. The van der Waals surface area contributed by atoms with Gasteiger partial charge in [-0.25, -0.2) is 0 Å². The molecule has 0 saturated heterocycles. The monoisotopic (exact) mass is 227 g/mol. The zero-order chi connectivity index (χ0) is 12.0. The number of rotatable bonds is 2. The zero-order valence-electron chi connectivity index (χ0n) is 9.55. The third-order valence-electron chi connectivity index (χ3n) is 3.10. The van der Waals surface area contributed by atoms with Gasteiger partial charge in [-0.3, -0.25) is 4.79 Å². The van der Waals surface area contributed by atoms with Gasteiger partial charge in [0.05, 0.1) is 18.3 Å². The van der Waals surface area contributed by atoms with Crippen molar-refractivity contribution >= 4 is 22.4 Å². The Morgan fingerprint density at radius 2 is 1.94 bits per heavy atom. The fourth-order valence-electron chi connectivity index (χ4n) is 2.42. The Morgan fingerprint density at radius 3 is 2.65 bits per heavy atom. The maximum absolute atomic E-state index is 12.2. The molecule has 0 fully saturated rings. The number of nitrogens with zero attached hydrogens (tertiary/aromatic N) is 1. The molecule has 17 heavy (non-hydrogen) atoms. The molecule has 0 radical (unpaired) electrons. The van der Waals surface area contributed by atoms with Gasteiger partial charge in [0.1, 0.15) is 0 Å². The van der Waals surface area contributed by atoms with E-state index in [2.05, 4.69) is 0 Å². The van der Waals surface area contributed by atoms with Crippen molar-refractivity contribution < 1.29 is 9.90 Å². The van der Waals surface area contributed by atoms with Gasteiger partial charge < -0.3 is 10.0 Å². The highest BCUT2D eigenvalue weighted by Crippen LogP contribution is 2.36. The SMILES string of the molecule is C[C@@H](O)CN1C(=O)c2cccc3cccc1c23. The van der Waals surface area contributed by atoms with E-state index < -0.39 is 6.10 Å². The van der Waals surface area contributed by atoms with E-state index in [-0.39, 0.29) is 5.91 Å². The van der Waals surface area contributed by atoms with Gasteiger partial charge in [0, 0.05) is 10.9 Å². The molecular weight excluding hydrogens is 214 g/mol. The van der Waals surface area contributed by atoms with Crippen molar-refractivity contribution in [2.45, 2.75) is 13.0 Å². The summed E-state index contributed by atoms with van der Waals surface area (Å²) in [4.78, 5) is 13.9. The predicted molar refractivity (Wildman–Crippen MR) is 67.3 cm³/mol. The van der Waals surface area contributed by atoms with Crippen LogP contribution in [0.2, 0.25) is 0 Å². The van der Waals surface area contributed by atoms with Gasteiger partial charge in [-0.15, -0.1) is 0 Å². The minimum Gasteiger partial charge on any atom is -0.392 e. The van der Waals surface area contributed by atoms with Crippen LogP contribution >= 0.6 is 0 Å². The van der Waals surface area contributed by atoms with Crippen LogP contribution in [0.1, 0.15) is 17.3 Å². The fraction of sp³-hybridized carbons (Fsp3) is 0.214. The summed E-state index contributed by atoms with van der Waals surface area (Å²) < 4.78 is 0. The number of aliphatic hydroxyl groups excluding tert-OH is 1. The Balaban J connectivity index is 2.23. The second kappa shape index (κ2) is 3.57. The van der Waals surface area contributed by atoms with Crippen LogP contribution in [-0.2, 0) is 0 Å². The van der Waals surface area contributed by atoms with Gasteiger partial charge in [0.25, 0.3) is 5.91 Å². The van der Waals surface area contributed by atoms with Crippen molar-refractivity contribution in [2.24, 2.45) is 0 Å². The normalized spacial score (nSPS) is 15.6. The summed E-state index contributed by atoms with van der Waals surface area (Å²) in [6.45, 7) is 2.03. The molecule has 1 amide bonds. The first-order chi connectivity index (χ1) is 8.18. The first kappa shape index (κ1) is 10.3. The van der Waals surface area contributed by atoms with Gasteiger partial charge in [0.2, 0.25) is 0 Å². The van der Waals surface area contributed by atoms with E-state index in [4.69, 9.17) is 0 Å². The third kappa shape index (κ3) is 1.43. The maximum Gasteiger partial charge on any atom is 0.259 e. The average molecular weight is 227 g/mol. The zero-order valence-corrected chi connectivity index (χ0v) is 9.55. The van der Waals surface area contributed by atoms with Crippen molar-refractivity contribution in [3.63, 3.8) is 0 Å². The first-order valence-electron chi connectivity index (χ1n) is 5.70. The molecule has 1 N–H and O–H groups in total. The molecule has 3 nitrogen and oxygen atoms in total. The number of carbonyl (C=O) groups excluding carboxylic acids is 1. The Hall–Kier alpha value is -1.87. The molecule has 1 aliphatic heterocycles. The van der Waals surface area contributed by atoms with Crippen LogP contribution in [0.15, 0.2) is 36.4 Å². The van der Waals surface area contributed by atoms with Crippen molar-refractivity contribution in [1.82, 2.24) is 0 Å². The standard InChI is InChI=1S/C14H13NO2/c1-9(16)8-15-12-7-3-5-10-4-2-6-11(13(10)12)14(15)17/h2-7,9,16H,8H2,1H3/t9-/m1/s1. The molecule has 2 aromatic carbocycles. The summed E-state index contributed by atoms with van der Waals surface area (Å²) in [7, 11) is 0. The van der Waals surface area contributed by atoms with Crippen molar-refractivity contribution in [3.8, 4) is 0 Å². The van der Waals surface area contributed by atoms with Crippen LogP contribution in [0.4, 0.5) is 5.69 Å². The summed E-state index contributed by atoms with van der Waals surface area (Å²) in [6, 6.07) is 11.6. The van der Waals surface area contributed by atoms with Gasteiger partial charge in [0.15, 0.2) is 0 Å². The van der Waals surface area contributed by atoms with E-state index in [1.54, 1.807) is 11.8 Å². The molecule has 1 atom stereocenters. The molecule has 3 rings (SSSR count). The largest absolute Gasteiger partial charge is 0.392 e. The molecule has 1 aliphatic rings. The minimum atomic E-state index is -0.525. The minimum absolute atomic E-state index is 0.0160. The number of benzene rings is 2. The van der Waals surface area contributed by atoms with Crippen LogP contribution in [0.3, 0.4) is 0 Å². The molecule has 1 heterocycles. The molecule has 0 aliphatic carbocycles. The fourth-order valence-corrected chi connectivity index (χ4v) is 2.42. The highest BCUT2D eigenvalue weighted by molar-refractivity contribution is 6.25. The van der Waals surface area contributed by atoms with Crippen LogP contribution in [0, 0.1) is 0 Å². The summed E-state index contributed by atoms with van der Waals surface area (Å²) in [6.07, 6.45) is -0.525. The molecule has 0 unspecified atom stereocenters. The predicted octanol–water partition coefficient (Wildman–Crippen LogP) is 2.18. The number of amides is 1. The Kier molecular flexibility index (Phi) is 2.16. The Morgan fingerprint density at radius 1 is 1.24 bits per heavy atom. The molecule has 0 spiro atoms. The molecule has 2 aromatic rings. The first-order valence-corrected chi connectivity index (χ1v) is 5.70. The van der Waals surface area contributed by atoms with Gasteiger partial charge in [-0.2, -0.15) is 0 Å². The van der Waals surface area contributed by atoms with Crippen molar-refractivity contribution in [3.05, 3.63) is 42.0 Å². The Labute approximate surface area is 99.3 Å². The van der Waals surface area contributed by atoms with Crippen molar-refractivity contribution in [1.29, 1.82) is 0 Å². The summed E-state index contributed by atoms with van der Waals surface area (Å²) >= 11 is 0. The molecule has 0 bridgehead atoms. The Bertz CT molecular complexity index is 599. The van der Waals surface area contributed by atoms with Crippen LogP contribution < -0.4 is 4.90 Å². The van der Waals surface area contributed by atoms with E-state index in [1.807, 2.05) is 36.4 Å². The van der Waals surface area contributed by atoms with E-state index >= 15 is 0 Å².